The summed E-state index contributed by atoms with van der Waals surface area (Å²) >= 11 is 3.39. The molecular weight excluding hydrogens is 328 g/mol. The Balaban J connectivity index is 1.85. The molecule has 0 amide bonds. The molecule has 0 aliphatic carbocycles. The third-order valence-electron chi connectivity index (χ3n) is 4.14. The van der Waals surface area contributed by atoms with E-state index < -0.39 is 0 Å². The van der Waals surface area contributed by atoms with Crippen molar-refractivity contribution in [2.45, 2.75) is 20.4 Å². The van der Waals surface area contributed by atoms with Crippen molar-refractivity contribution in [1.29, 1.82) is 0 Å². The largest absolute Gasteiger partial charge is 0.334 e. The molecule has 0 saturated carbocycles. The Bertz CT molecular complexity index is 726. The minimum atomic E-state index is 0.165. The number of aromatic nitrogens is 1. The molecule has 2 heterocycles. The first kappa shape index (κ1) is 14.3. The normalized spacial score (nSPS) is 14.2. The van der Waals surface area contributed by atoms with Crippen molar-refractivity contribution in [1.82, 2.24) is 4.57 Å². The Morgan fingerprint density at radius 2 is 1.90 bits per heavy atom. The zero-order valence-electron chi connectivity index (χ0n) is 12.3. The topological polar surface area (TPSA) is 25.0 Å². The first-order valence-corrected chi connectivity index (χ1v) is 7.89. The van der Waals surface area contributed by atoms with Gasteiger partial charge in [-0.3, -0.25) is 4.79 Å². The number of Topliss-reactive ketones (excluding diaryl/α,β-unsaturated/α-hetero) is 1. The number of nitrogens with zero attached hydrogens (tertiary/aromatic N) is 2. The standard InChI is InChI=1S/C17H18BrN2O/c1-12-3-8-16-13(2)19(9-10-20(12)16)11-17(21)14-4-6-15(18)7-5-14/h3-8H,9-11H2,1-2H3/q+1. The van der Waals surface area contributed by atoms with E-state index in [9.17, 15) is 4.79 Å². The molecule has 2 aromatic rings. The highest BCUT2D eigenvalue weighted by molar-refractivity contribution is 9.10. The van der Waals surface area contributed by atoms with Crippen molar-refractivity contribution in [3.8, 4) is 0 Å². The molecule has 4 heteroatoms. The Kier molecular flexibility index (Phi) is 3.81. The van der Waals surface area contributed by atoms with Crippen LogP contribution in [0.5, 0.6) is 0 Å². The average Bonchev–Trinajstić information content (AvgIpc) is 2.85. The third-order valence-corrected chi connectivity index (χ3v) is 4.67. The third kappa shape index (κ3) is 2.72. The zero-order chi connectivity index (χ0) is 15.0. The molecule has 1 aromatic heterocycles. The predicted molar refractivity (Wildman–Crippen MR) is 87.4 cm³/mol. The van der Waals surface area contributed by atoms with Crippen LogP contribution in [0.3, 0.4) is 0 Å². The van der Waals surface area contributed by atoms with Gasteiger partial charge in [-0.05, 0) is 31.2 Å². The Morgan fingerprint density at radius 3 is 2.62 bits per heavy atom. The quantitative estimate of drug-likeness (QED) is 0.619. The van der Waals surface area contributed by atoms with Crippen LogP contribution in [0.25, 0.3) is 0 Å². The van der Waals surface area contributed by atoms with Gasteiger partial charge in [-0.15, -0.1) is 0 Å². The summed E-state index contributed by atoms with van der Waals surface area (Å²) in [6.07, 6.45) is 0. The lowest BCUT2D eigenvalue weighted by Crippen LogP contribution is -2.35. The van der Waals surface area contributed by atoms with Crippen molar-refractivity contribution >= 4 is 27.4 Å². The maximum absolute atomic E-state index is 12.4. The van der Waals surface area contributed by atoms with E-state index in [1.54, 1.807) is 0 Å². The summed E-state index contributed by atoms with van der Waals surface area (Å²) < 4.78 is 5.49. The number of halogens is 1. The number of fused-ring (bicyclic) bond motifs is 1. The smallest absolute Gasteiger partial charge is 0.227 e. The van der Waals surface area contributed by atoms with Crippen LogP contribution in [0.1, 0.15) is 28.7 Å². The van der Waals surface area contributed by atoms with E-state index in [0.29, 0.717) is 6.54 Å². The Hall–Kier alpha value is -1.68. The molecule has 1 aliphatic rings. The first-order chi connectivity index (χ1) is 10.1. The summed E-state index contributed by atoms with van der Waals surface area (Å²) in [7, 11) is 0. The SMILES string of the molecule is CC1=[N+](CC(=O)c2ccc(Br)cc2)CCn2c(C)ccc21. The number of carbonyl (C=O) groups excluding carboxylic acids is 1. The van der Waals surface area contributed by atoms with Gasteiger partial charge in [0.2, 0.25) is 12.3 Å². The molecule has 0 unspecified atom stereocenters. The molecule has 108 valence electrons. The van der Waals surface area contributed by atoms with Gasteiger partial charge in [0.05, 0.1) is 6.54 Å². The fourth-order valence-corrected chi connectivity index (χ4v) is 3.09. The van der Waals surface area contributed by atoms with E-state index in [4.69, 9.17) is 0 Å². The number of aryl methyl sites for hydroxylation is 1. The van der Waals surface area contributed by atoms with Crippen molar-refractivity contribution < 1.29 is 9.37 Å². The van der Waals surface area contributed by atoms with E-state index in [2.05, 4.69) is 51.1 Å². The Morgan fingerprint density at radius 1 is 1.19 bits per heavy atom. The van der Waals surface area contributed by atoms with Crippen molar-refractivity contribution in [2.75, 3.05) is 13.1 Å². The molecule has 3 nitrogen and oxygen atoms in total. The molecule has 3 rings (SSSR count). The van der Waals surface area contributed by atoms with Gasteiger partial charge in [-0.1, -0.05) is 28.1 Å². The molecule has 0 N–H and O–H groups in total. The summed E-state index contributed by atoms with van der Waals surface area (Å²) in [6, 6.07) is 11.8. The molecule has 1 aromatic carbocycles. The highest BCUT2D eigenvalue weighted by atomic mass is 79.9. The lowest BCUT2D eigenvalue weighted by molar-refractivity contribution is -0.518. The maximum atomic E-state index is 12.4. The molecule has 0 atom stereocenters. The highest BCUT2D eigenvalue weighted by Gasteiger charge is 2.25. The van der Waals surface area contributed by atoms with Gasteiger partial charge in [0.1, 0.15) is 5.69 Å². The second kappa shape index (κ2) is 5.60. The number of hydrogen-bond acceptors (Lipinski definition) is 1. The van der Waals surface area contributed by atoms with Crippen LogP contribution in [0.4, 0.5) is 0 Å². The van der Waals surface area contributed by atoms with Crippen LogP contribution in [0.2, 0.25) is 0 Å². The zero-order valence-corrected chi connectivity index (χ0v) is 13.9. The monoisotopic (exact) mass is 345 g/mol. The number of hydrogen-bond donors (Lipinski definition) is 0. The average molecular weight is 346 g/mol. The van der Waals surface area contributed by atoms with Crippen LogP contribution >= 0.6 is 15.9 Å². The van der Waals surface area contributed by atoms with E-state index in [0.717, 1.165) is 23.1 Å². The van der Waals surface area contributed by atoms with E-state index in [1.807, 2.05) is 24.3 Å². The van der Waals surface area contributed by atoms with Crippen LogP contribution < -0.4 is 0 Å². The van der Waals surface area contributed by atoms with Gasteiger partial charge in [0, 0.05) is 22.7 Å². The van der Waals surface area contributed by atoms with E-state index in [-0.39, 0.29) is 5.78 Å². The first-order valence-electron chi connectivity index (χ1n) is 7.10. The van der Waals surface area contributed by atoms with Gasteiger partial charge < -0.3 is 4.57 Å². The van der Waals surface area contributed by atoms with Crippen molar-refractivity contribution in [2.24, 2.45) is 0 Å². The fourth-order valence-electron chi connectivity index (χ4n) is 2.83. The van der Waals surface area contributed by atoms with Crippen molar-refractivity contribution in [3.05, 3.63) is 57.8 Å². The Labute approximate surface area is 133 Å². The number of ketones is 1. The van der Waals surface area contributed by atoms with Gasteiger partial charge in [0.25, 0.3) is 0 Å². The van der Waals surface area contributed by atoms with Gasteiger partial charge in [-0.25, -0.2) is 4.58 Å². The molecule has 0 bridgehead atoms. The predicted octanol–water partition coefficient (Wildman–Crippen LogP) is 3.28. The lowest BCUT2D eigenvalue weighted by atomic mass is 10.1. The molecule has 0 spiro atoms. The van der Waals surface area contributed by atoms with Crippen LogP contribution in [0.15, 0.2) is 40.9 Å². The van der Waals surface area contributed by atoms with Crippen LogP contribution in [-0.2, 0) is 6.54 Å². The molecule has 0 saturated heterocycles. The number of benzene rings is 1. The van der Waals surface area contributed by atoms with Crippen LogP contribution in [0, 0.1) is 6.92 Å². The number of rotatable bonds is 3. The highest BCUT2D eigenvalue weighted by Crippen LogP contribution is 2.15. The summed E-state index contributed by atoms with van der Waals surface area (Å²) in [5.74, 6) is 0.165. The summed E-state index contributed by atoms with van der Waals surface area (Å²) in [6.45, 7) is 6.49. The molecule has 0 fully saturated rings. The molecule has 0 radical (unpaired) electrons. The minimum Gasteiger partial charge on any atom is -0.334 e. The van der Waals surface area contributed by atoms with Crippen LogP contribution in [-0.4, -0.2) is 33.7 Å². The van der Waals surface area contributed by atoms with E-state index >= 15 is 0 Å². The lowest BCUT2D eigenvalue weighted by Gasteiger charge is -2.17. The number of carbonyl (C=O) groups is 1. The second-order valence-electron chi connectivity index (χ2n) is 5.45. The summed E-state index contributed by atoms with van der Waals surface area (Å²) in [4.78, 5) is 12.4. The summed E-state index contributed by atoms with van der Waals surface area (Å²) in [5.41, 5.74) is 4.45. The maximum Gasteiger partial charge on any atom is 0.227 e. The molecule has 21 heavy (non-hydrogen) atoms. The molecule has 1 aliphatic heterocycles. The van der Waals surface area contributed by atoms with Gasteiger partial charge in [0.15, 0.2) is 12.3 Å². The van der Waals surface area contributed by atoms with E-state index in [1.165, 1.54) is 17.1 Å². The van der Waals surface area contributed by atoms with Gasteiger partial charge >= 0.3 is 0 Å². The fraction of sp³-hybridized carbons (Fsp3) is 0.294. The minimum absolute atomic E-state index is 0.165. The second-order valence-corrected chi connectivity index (χ2v) is 6.36. The van der Waals surface area contributed by atoms with Gasteiger partial charge in [-0.2, -0.15) is 0 Å². The molecular formula is C17H18BrN2O+. The van der Waals surface area contributed by atoms with Crippen molar-refractivity contribution in [3.63, 3.8) is 0 Å². The summed E-state index contributed by atoms with van der Waals surface area (Å²) in [5, 5.41) is 0.